The van der Waals surface area contributed by atoms with E-state index in [1.807, 2.05) is 30.3 Å². The molecule has 0 amide bonds. The quantitative estimate of drug-likeness (QED) is 0.718. The van der Waals surface area contributed by atoms with E-state index < -0.39 is 0 Å². The zero-order valence-corrected chi connectivity index (χ0v) is 9.29. The highest BCUT2D eigenvalue weighted by Crippen LogP contribution is 2.24. The summed E-state index contributed by atoms with van der Waals surface area (Å²) in [5, 5.41) is 0. The smallest absolute Gasteiger partial charge is 0.123 e. The topological polar surface area (TPSA) is 0 Å². The van der Waals surface area contributed by atoms with E-state index in [-0.39, 0.29) is 5.82 Å². The van der Waals surface area contributed by atoms with Crippen molar-refractivity contribution in [2.75, 3.05) is 0 Å². The maximum atomic E-state index is 12.8. The van der Waals surface area contributed by atoms with Crippen molar-refractivity contribution >= 4 is 17.2 Å². The van der Waals surface area contributed by atoms with Gasteiger partial charge in [0.15, 0.2) is 0 Å². The van der Waals surface area contributed by atoms with Crippen LogP contribution in [0.2, 0.25) is 0 Å². The van der Waals surface area contributed by atoms with Gasteiger partial charge in [-0.3, -0.25) is 0 Å². The van der Waals surface area contributed by atoms with Crippen LogP contribution in [0.5, 0.6) is 0 Å². The summed E-state index contributed by atoms with van der Waals surface area (Å²) >= 11 is 5.82. The van der Waals surface area contributed by atoms with E-state index in [4.69, 9.17) is 11.6 Å². The van der Waals surface area contributed by atoms with Crippen LogP contribution >= 0.6 is 11.6 Å². The number of halogens is 2. The summed E-state index contributed by atoms with van der Waals surface area (Å²) in [6.45, 7) is 0. The lowest BCUT2D eigenvalue weighted by Crippen LogP contribution is -1.87. The van der Waals surface area contributed by atoms with Crippen molar-refractivity contribution in [1.82, 2.24) is 0 Å². The van der Waals surface area contributed by atoms with Crippen LogP contribution in [-0.4, -0.2) is 0 Å². The van der Waals surface area contributed by atoms with E-state index in [9.17, 15) is 4.39 Å². The van der Waals surface area contributed by atoms with E-state index in [1.54, 1.807) is 12.1 Å². The van der Waals surface area contributed by atoms with Crippen LogP contribution in [0.25, 0.3) is 5.57 Å². The van der Waals surface area contributed by atoms with Crippen molar-refractivity contribution in [2.45, 2.75) is 0 Å². The third kappa shape index (κ3) is 2.31. The summed E-state index contributed by atoms with van der Waals surface area (Å²) in [4.78, 5) is 0. The molecule has 0 aliphatic carbocycles. The fraction of sp³-hybridized carbons (Fsp3) is 0. The minimum atomic E-state index is -0.245. The Kier molecular flexibility index (Phi) is 3.37. The minimum absolute atomic E-state index is 0.245. The van der Waals surface area contributed by atoms with Crippen LogP contribution < -0.4 is 0 Å². The Morgan fingerprint density at radius 3 is 2.00 bits per heavy atom. The second-order valence-corrected chi connectivity index (χ2v) is 3.61. The lowest BCUT2D eigenvalue weighted by molar-refractivity contribution is 0.627. The highest BCUT2D eigenvalue weighted by Gasteiger charge is 2.03. The second-order valence-electron chi connectivity index (χ2n) is 3.40. The Morgan fingerprint density at radius 1 is 0.875 bits per heavy atom. The summed E-state index contributed by atoms with van der Waals surface area (Å²) in [5.74, 6) is -0.245. The highest BCUT2D eigenvalue weighted by atomic mass is 35.5. The fourth-order valence-corrected chi connectivity index (χ4v) is 1.79. The van der Waals surface area contributed by atoms with Gasteiger partial charge in [-0.2, -0.15) is 0 Å². The Morgan fingerprint density at radius 2 is 1.44 bits per heavy atom. The van der Waals surface area contributed by atoms with Gasteiger partial charge in [-0.15, -0.1) is 0 Å². The van der Waals surface area contributed by atoms with Gasteiger partial charge in [0.1, 0.15) is 5.82 Å². The summed E-state index contributed by atoms with van der Waals surface area (Å²) in [7, 11) is 0. The highest BCUT2D eigenvalue weighted by molar-refractivity contribution is 6.29. The number of rotatable bonds is 2. The molecule has 2 aromatic rings. The van der Waals surface area contributed by atoms with Gasteiger partial charge in [0.25, 0.3) is 0 Å². The number of benzene rings is 2. The van der Waals surface area contributed by atoms with Gasteiger partial charge in [-0.25, -0.2) is 4.39 Å². The number of hydrogen-bond donors (Lipinski definition) is 0. The van der Waals surface area contributed by atoms with Gasteiger partial charge in [-0.05, 0) is 23.3 Å². The summed E-state index contributed by atoms with van der Waals surface area (Å²) in [6, 6.07) is 16.1. The molecule has 16 heavy (non-hydrogen) atoms. The van der Waals surface area contributed by atoms with Crippen LogP contribution in [0.15, 0.2) is 60.1 Å². The summed E-state index contributed by atoms with van der Waals surface area (Å²) < 4.78 is 12.8. The molecule has 0 saturated carbocycles. The molecular formula is C14H10ClF. The molecule has 0 aromatic heterocycles. The molecule has 0 atom stereocenters. The molecule has 0 bridgehead atoms. The molecule has 0 aliphatic rings. The monoisotopic (exact) mass is 232 g/mol. The average Bonchev–Trinajstić information content (AvgIpc) is 2.34. The Labute approximate surface area is 99.0 Å². The first-order valence-corrected chi connectivity index (χ1v) is 5.36. The second kappa shape index (κ2) is 4.95. The largest absolute Gasteiger partial charge is 0.207 e. The van der Waals surface area contributed by atoms with Gasteiger partial charge in [0.05, 0.1) is 0 Å². The minimum Gasteiger partial charge on any atom is -0.207 e. The summed E-state index contributed by atoms with van der Waals surface area (Å²) in [5.41, 5.74) is 4.33. The predicted molar refractivity (Wildman–Crippen MR) is 65.8 cm³/mol. The average molecular weight is 233 g/mol. The predicted octanol–water partition coefficient (Wildman–Crippen LogP) is 4.45. The maximum absolute atomic E-state index is 12.8. The van der Waals surface area contributed by atoms with Crippen molar-refractivity contribution in [3.8, 4) is 0 Å². The van der Waals surface area contributed by atoms with E-state index in [2.05, 4.69) is 0 Å². The van der Waals surface area contributed by atoms with Crippen molar-refractivity contribution in [3.05, 3.63) is 77.1 Å². The Balaban J connectivity index is 2.42. The van der Waals surface area contributed by atoms with Crippen LogP contribution in [0, 0.1) is 5.82 Å². The first-order chi connectivity index (χ1) is 7.81. The van der Waals surface area contributed by atoms with Gasteiger partial charge in [0, 0.05) is 11.1 Å². The van der Waals surface area contributed by atoms with Crippen molar-refractivity contribution in [3.63, 3.8) is 0 Å². The van der Waals surface area contributed by atoms with Crippen LogP contribution in [0.4, 0.5) is 4.39 Å². The zero-order chi connectivity index (χ0) is 11.4. The Bertz CT molecular complexity index is 486. The van der Waals surface area contributed by atoms with Crippen LogP contribution in [0.3, 0.4) is 0 Å². The van der Waals surface area contributed by atoms with Crippen molar-refractivity contribution in [1.29, 1.82) is 0 Å². The molecule has 2 heteroatoms. The molecule has 0 aliphatic heterocycles. The molecule has 80 valence electrons. The van der Waals surface area contributed by atoms with Gasteiger partial charge < -0.3 is 0 Å². The van der Waals surface area contributed by atoms with Gasteiger partial charge in [-0.1, -0.05) is 54.1 Å². The molecule has 2 rings (SSSR count). The molecular weight excluding hydrogens is 223 g/mol. The zero-order valence-electron chi connectivity index (χ0n) is 8.53. The van der Waals surface area contributed by atoms with Crippen molar-refractivity contribution < 1.29 is 4.39 Å². The standard InChI is InChI=1S/C14H10ClF/c15-10-14(11-4-2-1-3-5-11)12-6-8-13(16)9-7-12/h1-10H. The van der Waals surface area contributed by atoms with E-state index >= 15 is 0 Å². The van der Waals surface area contributed by atoms with Gasteiger partial charge in [0.2, 0.25) is 0 Å². The van der Waals surface area contributed by atoms with Crippen LogP contribution in [0.1, 0.15) is 11.1 Å². The van der Waals surface area contributed by atoms with Crippen molar-refractivity contribution in [2.24, 2.45) is 0 Å². The molecule has 0 heterocycles. The van der Waals surface area contributed by atoms with E-state index in [0.717, 1.165) is 16.7 Å². The van der Waals surface area contributed by atoms with E-state index in [1.165, 1.54) is 17.7 Å². The fourth-order valence-electron chi connectivity index (χ4n) is 1.54. The first-order valence-electron chi connectivity index (χ1n) is 4.93. The normalized spacial score (nSPS) is 11.5. The molecule has 0 fully saturated rings. The molecule has 0 N–H and O–H groups in total. The maximum Gasteiger partial charge on any atom is 0.123 e. The lowest BCUT2D eigenvalue weighted by atomic mass is 10.00. The molecule has 0 spiro atoms. The summed E-state index contributed by atoms with van der Waals surface area (Å²) in [6.07, 6.45) is 0. The molecule has 0 unspecified atom stereocenters. The number of hydrogen-bond acceptors (Lipinski definition) is 0. The molecule has 0 nitrogen and oxygen atoms in total. The lowest BCUT2D eigenvalue weighted by Gasteiger charge is -2.06. The molecule has 0 saturated heterocycles. The third-order valence-corrected chi connectivity index (χ3v) is 2.57. The Hall–Kier alpha value is -1.60. The van der Waals surface area contributed by atoms with E-state index in [0.29, 0.717) is 0 Å². The van der Waals surface area contributed by atoms with Gasteiger partial charge >= 0.3 is 0 Å². The molecule has 0 radical (unpaired) electrons. The third-order valence-electron chi connectivity index (χ3n) is 2.35. The molecule has 2 aromatic carbocycles. The van der Waals surface area contributed by atoms with Crippen LogP contribution in [-0.2, 0) is 0 Å². The first kappa shape index (κ1) is 10.9. The SMILES string of the molecule is Fc1ccc(C(=CCl)c2ccccc2)cc1.